The third kappa shape index (κ3) is 3.06. The predicted molar refractivity (Wildman–Crippen MR) is 68.5 cm³/mol. The van der Waals surface area contributed by atoms with Crippen LogP contribution < -0.4 is 0 Å². The molecule has 21 heavy (non-hydrogen) atoms. The van der Waals surface area contributed by atoms with Crippen LogP contribution in [0.5, 0.6) is 0 Å². The number of amides is 1. The SMILES string of the molecule is O=C(CC1=CCCCC1)N1CCC(C(=O)O)(C(F)(F)F)C1. The van der Waals surface area contributed by atoms with Crippen LogP contribution in [0.4, 0.5) is 13.2 Å². The molecule has 1 aliphatic carbocycles. The Labute approximate surface area is 120 Å². The van der Waals surface area contributed by atoms with Crippen LogP contribution in [0.15, 0.2) is 11.6 Å². The molecule has 1 aliphatic heterocycles. The number of carboxylic acids is 1. The van der Waals surface area contributed by atoms with Crippen molar-refractivity contribution in [3.63, 3.8) is 0 Å². The van der Waals surface area contributed by atoms with Crippen LogP contribution >= 0.6 is 0 Å². The van der Waals surface area contributed by atoms with Gasteiger partial charge in [-0.1, -0.05) is 11.6 Å². The molecule has 7 heteroatoms. The van der Waals surface area contributed by atoms with Crippen LogP contribution in [0, 0.1) is 5.41 Å². The van der Waals surface area contributed by atoms with Crippen LogP contribution in [-0.2, 0) is 9.59 Å². The summed E-state index contributed by atoms with van der Waals surface area (Å²) >= 11 is 0. The molecular formula is C14H18F3NO3. The molecule has 0 aromatic heterocycles. The third-order valence-electron chi connectivity index (χ3n) is 4.34. The molecule has 1 amide bonds. The van der Waals surface area contributed by atoms with Crippen molar-refractivity contribution in [1.29, 1.82) is 0 Å². The first kappa shape index (κ1) is 15.9. The van der Waals surface area contributed by atoms with E-state index in [1.54, 1.807) is 0 Å². The molecule has 118 valence electrons. The number of carbonyl (C=O) groups is 2. The Morgan fingerprint density at radius 1 is 1.33 bits per heavy atom. The van der Waals surface area contributed by atoms with E-state index in [0.717, 1.165) is 36.2 Å². The molecule has 1 unspecified atom stereocenters. The lowest BCUT2D eigenvalue weighted by molar-refractivity contribution is -0.227. The molecule has 2 rings (SSSR count). The Balaban J connectivity index is 2.05. The van der Waals surface area contributed by atoms with Crippen LogP contribution in [0.2, 0.25) is 0 Å². The topological polar surface area (TPSA) is 57.6 Å². The minimum absolute atomic E-state index is 0.105. The Bertz CT molecular complexity index is 473. The highest BCUT2D eigenvalue weighted by atomic mass is 19.4. The van der Waals surface area contributed by atoms with E-state index in [9.17, 15) is 22.8 Å². The minimum atomic E-state index is -4.85. The van der Waals surface area contributed by atoms with Gasteiger partial charge in [0.25, 0.3) is 0 Å². The molecule has 0 radical (unpaired) electrons. The van der Waals surface area contributed by atoms with Gasteiger partial charge in [0.2, 0.25) is 5.91 Å². The molecule has 1 atom stereocenters. The summed E-state index contributed by atoms with van der Waals surface area (Å²) in [7, 11) is 0. The summed E-state index contributed by atoms with van der Waals surface area (Å²) in [5, 5.41) is 8.95. The van der Waals surface area contributed by atoms with Crippen LogP contribution in [0.1, 0.15) is 38.5 Å². The quantitative estimate of drug-likeness (QED) is 0.816. The second-order valence-corrected chi connectivity index (χ2v) is 5.74. The molecule has 0 saturated carbocycles. The lowest BCUT2D eigenvalue weighted by Gasteiger charge is -2.27. The minimum Gasteiger partial charge on any atom is -0.481 e. The molecule has 1 saturated heterocycles. The number of carboxylic acid groups (broad SMARTS) is 1. The predicted octanol–water partition coefficient (Wildman–Crippen LogP) is 2.74. The van der Waals surface area contributed by atoms with Gasteiger partial charge in [0.05, 0.1) is 0 Å². The summed E-state index contributed by atoms with van der Waals surface area (Å²) in [5.41, 5.74) is -1.87. The fourth-order valence-electron chi connectivity index (χ4n) is 2.92. The maximum atomic E-state index is 13.0. The molecule has 1 heterocycles. The van der Waals surface area contributed by atoms with Crippen molar-refractivity contribution < 1.29 is 27.9 Å². The van der Waals surface area contributed by atoms with E-state index in [1.807, 2.05) is 6.08 Å². The first-order chi connectivity index (χ1) is 9.76. The van der Waals surface area contributed by atoms with Gasteiger partial charge in [-0.25, -0.2) is 0 Å². The van der Waals surface area contributed by atoms with Crippen molar-refractivity contribution in [2.75, 3.05) is 13.1 Å². The Kier molecular flexibility index (Phi) is 4.30. The fraction of sp³-hybridized carbons (Fsp3) is 0.714. The number of allylic oxidation sites excluding steroid dienone is 1. The van der Waals surface area contributed by atoms with Crippen molar-refractivity contribution in [3.05, 3.63) is 11.6 Å². The van der Waals surface area contributed by atoms with E-state index in [4.69, 9.17) is 5.11 Å². The first-order valence-electron chi connectivity index (χ1n) is 7.02. The molecular weight excluding hydrogens is 287 g/mol. The molecule has 0 aromatic rings. The number of hydrogen-bond acceptors (Lipinski definition) is 2. The molecule has 0 bridgehead atoms. The molecule has 4 nitrogen and oxygen atoms in total. The van der Waals surface area contributed by atoms with Crippen molar-refractivity contribution >= 4 is 11.9 Å². The van der Waals surface area contributed by atoms with Crippen molar-refractivity contribution in [1.82, 2.24) is 4.90 Å². The maximum Gasteiger partial charge on any atom is 0.406 e. The average molecular weight is 305 g/mol. The zero-order chi connectivity index (χ0) is 15.7. The summed E-state index contributed by atoms with van der Waals surface area (Å²) in [4.78, 5) is 24.2. The highest BCUT2D eigenvalue weighted by Crippen LogP contribution is 2.46. The number of halogens is 3. The molecule has 1 N–H and O–H groups in total. The van der Waals surface area contributed by atoms with E-state index in [2.05, 4.69) is 0 Å². The van der Waals surface area contributed by atoms with Gasteiger partial charge < -0.3 is 10.0 Å². The molecule has 1 fully saturated rings. The van der Waals surface area contributed by atoms with Gasteiger partial charge in [0.1, 0.15) is 0 Å². The highest BCUT2D eigenvalue weighted by Gasteiger charge is 2.64. The van der Waals surface area contributed by atoms with Crippen molar-refractivity contribution in [2.45, 2.75) is 44.7 Å². The standard InChI is InChI=1S/C14H18F3NO3/c15-14(16,17)13(12(20)21)6-7-18(9-13)11(19)8-10-4-2-1-3-5-10/h4H,1-3,5-9H2,(H,20,21). The number of aliphatic carboxylic acids is 1. The van der Waals surface area contributed by atoms with E-state index in [-0.39, 0.29) is 13.0 Å². The summed E-state index contributed by atoms with van der Waals surface area (Å²) in [6.45, 7) is -0.935. The van der Waals surface area contributed by atoms with Gasteiger partial charge in [-0.3, -0.25) is 9.59 Å². The van der Waals surface area contributed by atoms with E-state index < -0.39 is 36.4 Å². The highest BCUT2D eigenvalue weighted by molar-refractivity contribution is 5.82. The molecule has 0 aromatic carbocycles. The van der Waals surface area contributed by atoms with Gasteiger partial charge >= 0.3 is 12.1 Å². The summed E-state index contributed by atoms with van der Waals surface area (Å²) in [5.74, 6) is -2.31. The lowest BCUT2D eigenvalue weighted by atomic mass is 9.86. The maximum absolute atomic E-state index is 13.0. The second kappa shape index (κ2) is 5.69. The zero-order valence-electron chi connectivity index (χ0n) is 11.6. The first-order valence-corrected chi connectivity index (χ1v) is 7.02. The van der Waals surface area contributed by atoms with Gasteiger partial charge in [0.15, 0.2) is 5.41 Å². The van der Waals surface area contributed by atoms with Crippen LogP contribution in [0.25, 0.3) is 0 Å². The van der Waals surface area contributed by atoms with Crippen LogP contribution in [0.3, 0.4) is 0 Å². The van der Waals surface area contributed by atoms with Gasteiger partial charge in [-0.05, 0) is 32.1 Å². The Morgan fingerprint density at radius 2 is 2.05 bits per heavy atom. The number of likely N-dealkylation sites (tertiary alicyclic amines) is 1. The van der Waals surface area contributed by atoms with Gasteiger partial charge in [-0.2, -0.15) is 13.2 Å². The summed E-state index contributed by atoms with van der Waals surface area (Å²) in [6.07, 6.45) is 0.388. The molecule has 0 spiro atoms. The summed E-state index contributed by atoms with van der Waals surface area (Å²) < 4.78 is 39.1. The number of hydrogen-bond donors (Lipinski definition) is 1. The smallest absolute Gasteiger partial charge is 0.406 e. The van der Waals surface area contributed by atoms with Crippen LogP contribution in [-0.4, -0.2) is 41.1 Å². The number of carbonyl (C=O) groups excluding carboxylic acids is 1. The fourth-order valence-corrected chi connectivity index (χ4v) is 2.92. The third-order valence-corrected chi connectivity index (χ3v) is 4.34. The Morgan fingerprint density at radius 3 is 2.52 bits per heavy atom. The largest absolute Gasteiger partial charge is 0.481 e. The van der Waals surface area contributed by atoms with Gasteiger partial charge in [0, 0.05) is 19.5 Å². The average Bonchev–Trinajstić information content (AvgIpc) is 2.86. The molecule has 2 aliphatic rings. The zero-order valence-corrected chi connectivity index (χ0v) is 11.6. The van der Waals surface area contributed by atoms with Crippen molar-refractivity contribution in [3.8, 4) is 0 Å². The summed E-state index contributed by atoms with van der Waals surface area (Å²) in [6, 6.07) is 0. The van der Waals surface area contributed by atoms with Crippen molar-refractivity contribution in [2.24, 2.45) is 5.41 Å². The lowest BCUT2D eigenvalue weighted by Crippen LogP contribution is -2.47. The Hall–Kier alpha value is -1.53. The number of rotatable bonds is 3. The second-order valence-electron chi connectivity index (χ2n) is 5.74. The normalized spacial score (nSPS) is 26.6. The number of nitrogens with zero attached hydrogens (tertiary/aromatic N) is 1. The van der Waals surface area contributed by atoms with Gasteiger partial charge in [-0.15, -0.1) is 0 Å². The monoisotopic (exact) mass is 305 g/mol. The number of alkyl halides is 3. The van der Waals surface area contributed by atoms with E-state index in [0.29, 0.717) is 0 Å². The van der Waals surface area contributed by atoms with E-state index in [1.165, 1.54) is 0 Å². The van der Waals surface area contributed by atoms with E-state index >= 15 is 0 Å².